The minimum absolute atomic E-state index is 0.0527. The van der Waals surface area contributed by atoms with E-state index in [1.165, 1.54) is 18.2 Å². The normalized spacial score (nSPS) is 13.8. The van der Waals surface area contributed by atoms with Gasteiger partial charge in [-0.2, -0.15) is 0 Å². The molecule has 0 heterocycles. The van der Waals surface area contributed by atoms with Gasteiger partial charge in [0.2, 0.25) is 0 Å². The third-order valence-electron chi connectivity index (χ3n) is 2.86. The van der Waals surface area contributed by atoms with Crippen LogP contribution < -0.4 is 10.5 Å². The summed E-state index contributed by atoms with van der Waals surface area (Å²) in [6, 6.07) is 9.98. The fourth-order valence-electron chi connectivity index (χ4n) is 1.87. The van der Waals surface area contributed by atoms with Gasteiger partial charge in [-0.15, -0.1) is 0 Å². The second kappa shape index (κ2) is 6.20. The van der Waals surface area contributed by atoms with Crippen molar-refractivity contribution >= 4 is 11.6 Å². The molecule has 0 saturated carbocycles. The molecular weight excluding hydrogens is 284 g/mol. The van der Waals surface area contributed by atoms with Crippen LogP contribution in [-0.2, 0) is 0 Å². The second-order valence-corrected chi connectivity index (χ2v) is 4.88. The molecule has 0 aromatic heterocycles. The Bertz CT molecular complexity index is 604. The quantitative estimate of drug-likeness (QED) is 0.922. The van der Waals surface area contributed by atoms with E-state index >= 15 is 0 Å². The Hall–Kier alpha value is -1.65. The molecule has 0 amide bonds. The van der Waals surface area contributed by atoms with Crippen molar-refractivity contribution in [2.75, 3.05) is 0 Å². The molecule has 5 heteroatoms. The summed E-state index contributed by atoms with van der Waals surface area (Å²) >= 11 is 5.69. The highest BCUT2D eigenvalue weighted by atomic mass is 35.5. The molecule has 0 aliphatic heterocycles. The molecule has 2 nitrogen and oxygen atoms in total. The lowest BCUT2D eigenvalue weighted by Gasteiger charge is -2.23. The van der Waals surface area contributed by atoms with Crippen molar-refractivity contribution in [3.63, 3.8) is 0 Å². The van der Waals surface area contributed by atoms with E-state index in [-0.39, 0.29) is 16.3 Å². The zero-order chi connectivity index (χ0) is 14.7. The predicted molar refractivity (Wildman–Crippen MR) is 74.8 cm³/mol. The van der Waals surface area contributed by atoms with E-state index in [1.807, 2.05) is 0 Å². The molecule has 2 atom stereocenters. The van der Waals surface area contributed by atoms with Gasteiger partial charge < -0.3 is 10.5 Å². The molecule has 0 saturated heterocycles. The van der Waals surface area contributed by atoms with Gasteiger partial charge in [0.15, 0.2) is 11.6 Å². The number of hydrogen-bond acceptors (Lipinski definition) is 2. The van der Waals surface area contributed by atoms with Gasteiger partial charge in [-0.05, 0) is 25.1 Å². The summed E-state index contributed by atoms with van der Waals surface area (Å²) < 4.78 is 33.2. The van der Waals surface area contributed by atoms with Gasteiger partial charge >= 0.3 is 0 Å². The van der Waals surface area contributed by atoms with Crippen molar-refractivity contribution in [2.24, 2.45) is 5.73 Å². The monoisotopic (exact) mass is 297 g/mol. The zero-order valence-corrected chi connectivity index (χ0v) is 11.6. The smallest absolute Gasteiger partial charge is 0.183 e. The van der Waals surface area contributed by atoms with Crippen molar-refractivity contribution < 1.29 is 13.5 Å². The first kappa shape index (κ1) is 14.8. The molecule has 2 unspecified atom stereocenters. The maximum absolute atomic E-state index is 13.9. The standard InChI is InChI=1S/C15H14ClF2NO/c1-9(19)15(10-5-2-3-7-12(10)17)20-13-8-4-6-11(16)14(13)18/h2-9,15H,19H2,1H3. The first-order chi connectivity index (χ1) is 9.50. The summed E-state index contributed by atoms with van der Waals surface area (Å²) in [5.41, 5.74) is 6.11. The van der Waals surface area contributed by atoms with Gasteiger partial charge in [-0.1, -0.05) is 35.9 Å². The van der Waals surface area contributed by atoms with E-state index in [0.717, 1.165) is 0 Å². The van der Waals surface area contributed by atoms with Gasteiger partial charge in [0.05, 0.1) is 5.02 Å². The first-order valence-corrected chi connectivity index (χ1v) is 6.49. The van der Waals surface area contributed by atoms with Crippen LogP contribution in [0, 0.1) is 11.6 Å². The van der Waals surface area contributed by atoms with Crippen LogP contribution in [0.2, 0.25) is 5.02 Å². The Morgan fingerprint density at radius 1 is 1.10 bits per heavy atom. The highest BCUT2D eigenvalue weighted by molar-refractivity contribution is 6.30. The summed E-state index contributed by atoms with van der Waals surface area (Å²) in [5.74, 6) is -1.18. The minimum atomic E-state index is -0.802. The molecule has 0 radical (unpaired) electrons. The molecule has 2 rings (SSSR count). The van der Waals surface area contributed by atoms with Crippen LogP contribution in [0.15, 0.2) is 42.5 Å². The number of ether oxygens (including phenoxy) is 1. The van der Waals surface area contributed by atoms with Crippen LogP contribution in [0.3, 0.4) is 0 Å². The van der Waals surface area contributed by atoms with Crippen LogP contribution >= 0.6 is 11.6 Å². The first-order valence-electron chi connectivity index (χ1n) is 6.11. The highest BCUT2D eigenvalue weighted by Gasteiger charge is 2.23. The second-order valence-electron chi connectivity index (χ2n) is 4.47. The lowest BCUT2D eigenvalue weighted by atomic mass is 10.0. The average Bonchev–Trinajstić information content (AvgIpc) is 2.41. The molecule has 0 bridgehead atoms. The predicted octanol–water partition coefficient (Wildman–Crippen LogP) is 4.09. The minimum Gasteiger partial charge on any atom is -0.481 e. The maximum atomic E-state index is 13.9. The molecule has 2 aromatic rings. The molecule has 0 fully saturated rings. The molecule has 0 aliphatic rings. The van der Waals surface area contributed by atoms with Crippen LogP contribution in [0.25, 0.3) is 0 Å². The molecule has 106 valence electrons. The Balaban J connectivity index is 2.36. The Morgan fingerprint density at radius 2 is 1.80 bits per heavy atom. The summed E-state index contributed by atoms with van der Waals surface area (Å²) in [7, 11) is 0. The van der Waals surface area contributed by atoms with Gasteiger partial charge in [0.25, 0.3) is 0 Å². The van der Waals surface area contributed by atoms with Crippen molar-refractivity contribution in [1.29, 1.82) is 0 Å². The number of nitrogens with two attached hydrogens (primary N) is 1. The summed E-state index contributed by atoms with van der Waals surface area (Å²) in [5, 5.41) is -0.0561. The van der Waals surface area contributed by atoms with Gasteiger partial charge in [0.1, 0.15) is 11.9 Å². The van der Waals surface area contributed by atoms with Crippen LogP contribution in [0.1, 0.15) is 18.6 Å². The Kier molecular flexibility index (Phi) is 4.57. The number of halogens is 3. The topological polar surface area (TPSA) is 35.2 Å². The molecule has 2 N–H and O–H groups in total. The zero-order valence-electron chi connectivity index (χ0n) is 10.8. The van der Waals surface area contributed by atoms with E-state index in [4.69, 9.17) is 22.1 Å². The van der Waals surface area contributed by atoms with Crippen LogP contribution in [-0.4, -0.2) is 6.04 Å². The van der Waals surface area contributed by atoms with Crippen molar-refractivity contribution in [1.82, 2.24) is 0 Å². The van der Waals surface area contributed by atoms with Crippen LogP contribution in [0.5, 0.6) is 5.75 Å². The van der Waals surface area contributed by atoms with E-state index in [0.29, 0.717) is 0 Å². The lowest BCUT2D eigenvalue weighted by molar-refractivity contribution is 0.168. The van der Waals surface area contributed by atoms with E-state index in [1.54, 1.807) is 31.2 Å². The molecule has 0 aliphatic carbocycles. The largest absolute Gasteiger partial charge is 0.481 e. The van der Waals surface area contributed by atoms with Crippen molar-refractivity contribution in [2.45, 2.75) is 19.1 Å². The third-order valence-corrected chi connectivity index (χ3v) is 3.15. The summed E-state index contributed by atoms with van der Waals surface area (Å²) in [4.78, 5) is 0. The molecule has 20 heavy (non-hydrogen) atoms. The Labute approximate surface area is 121 Å². The Morgan fingerprint density at radius 3 is 2.45 bits per heavy atom. The number of benzene rings is 2. The fourth-order valence-corrected chi connectivity index (χ4v) is 2.04. The number of hydrogen-bond donors (Lipinski definition) is 1. The van der Waals surface area contributed by atoms with E-state index in [2.05, 4.69) is 0 Å². The van der Waals surface area contributed by atoms with Crippen molar-refractivity contribution in [3.05, 3.63) is 64.7 Å². The molecule has 0 spiro atoms. The van der Waals surface area contributed by atoms with Gasteiger partial charge in [-0.3, -0.25) is 0 Å². The average molecular weight is 298 g/mol. The summed E-state index contributed by atoms with van der Waals surface area (Å²) in [6.07, 6.45) is -0.802. The van der Waals surface area contributed by atoms with Crippen molar-refractivity contribution in [3.8, 4) is 5.75 Å². The summed E-state index contributed by atoms with van der Waals surface area (Å²) in [6.45, 7) is 1.67. The molecular formula is C15H14ClF2NO. The SMILES string of the molecule is CC(N)C(Oc1cccc(Cl)c1F)c1ccccc1F. The van der Waals surface area contributed by atoms with E-state index < -0.39 is 23.8 Å². The lowest BCUT2D eigenvalue weighted by Crippen LogP contribution is -2.30. The highest BCUT2D eigenvalue weighted by Crippen LogP contribution is 2.30. The molecule has 2 aromatic carbocycles. The van der Waals surface area contributed by atoms with Gasteiger partial charge in [-0.25, -0.2) is 8.78 Å². The fraction of sp³-hybridized carbons (Fsp3) is 0.200. The van der Waals surface area contributed by atoms with E-state index in [9.17, 15) is 8.78 Å². The number of rotatable bonds is 4. The maximum Gasteiger partial charge on any atom is 0.183 e. The van der Waals surface area contributed by atoms with Crippen LogP contribution in [0.4, 0.5) is 8.78 Å². The third kappa shape index (κ3) is 3.08. The van der Waals surface area contributed by atoms with Gasteiger partial charge in [0, 0.05) is 11.6 Å².